The highest BCUT2D eigenvalue weighted by Gasteiger charge is 2.35. The monoisotopic (exact) mass is 342 g/mol. The van der Waals surface area contributed by atoms with E-state index < -0.39 is 5.92 Å². The fraction of sp³-hybridized carbons (Fsp3) is 0.368. The van der Waals surface area contributed by atoms with Crippen molar-refractivity contribution in [2.45, 2.75) is 25.4 Å². The van der Waals surface area contributed by atoms with Crippen LogP contribution < -0.4 is 5.32 Å². The van der Waals surface area contributed by atoms with E-state index in [1.807, 2.05) is 36.4 Å². The second-order valence-electron chi connectivity index (χ2n) is 6.33. The van der Waals surface area contributed by atoms with Crippen molar-refractivity contribution in [3.63, 3.8) is 0 Å². The maximum absolute atomic E-state index is 12.5. The van der Waals surface area contributed by atoms with Crippen molar-refractivity contribution in [3.05, 3.63) is 60.1 Å². The van der Waals surface area contributed by atoms with Gasteiger partial charge in [0.2, 0.25) is 11.8 Å². The number of rotatable bonds is 7. The van der Waals surface area contributed by atoms with E-state index in [4.69, 9.17) is 4.42 Å². The second-order valence-corrected chi connectivity index (χ2v) is 6.33. The summed E-state index contributed by atoms with van der Waals surface area (Å²) in [7, 11) is 0. The van der Waals surface area contributed by atoms with Crippen molar-refractivity contribution in [3.8, 4) is 0 Å². The first kappa shape index (κ1) is 17.2. The summed E-state index contributed by atoms with van der Waals surface area (Å²) in [5.74, 6) is 0.0597. The van der Waals surface area contributed by atoms with Gasteiger partial charge in [-0.15, -0.1) is 0 Å². The number of furan rings is 1. The molecule has 0 saturated carbocycles. The SMILES string of the molecule is O=C(N[C@H](CO)Cc1ccccc1)C1CC(=O)N(Cc2ccco2)C1. The third-order valence-electron chi connectivity index (χ3n) is 4.40. The number of nitrogens with one attached hydrogen (secondary N) is 1. The molecule has 0 spiro atoms. The third-order valence-corrected chi connectivity index (χ3v) is 4.40. The molecule has 1 aromatic carbocycles. The zero-order valence-corrected chi connectivity index (χ0v) is 13.9. The Morgan fingerprint density at radius 2 is 2.08 bits per heavy atom. The van der Waals surface area contributed by atoms with E-state index >= 15 is 0 Å². The van der Waals surface area contributed by atoms with Crippen molar-refractivity contribution in [2.75, 3.05) is 13.2 Å². The van der Waals surface area contributed by atoms with Crippen molar-refractivity contribution < 1.29 is 19.1 Å². The van der Waals surface area contributed by atoms with Crippen LogP contribution in [0, 0.1) is 5.92 Å². The van der Waals surface area contributed by atoms with Crippen molar-refractivity contribution in [2.24, 2.45) is 5.92 Å². The van der Waals surface area contributed by atoms with Crippen molar-refractivity contribution in [1.29, 1.82) is 0 Å². The molecule has 3 rings (SSSR count). The molecule has 0 bridgehead atoms. The molecule has 0 aliphatic carbocycles. The van der Waals surface area contributed by atoms with E-state index in [1.165, 1.54) is 0 Å². The minimum atomic E-state index is -0.396. The highest BCUT2D eigenvalue weighted by molar-refractivity contribution is 5.89. The summed E-state index contributed by atoms with van der Waals surface area (Å²) in [6.45, 7) is 0.606. The summed E-state index contributed by atoms with van der Waals surface area (Å²) in [6, 6.07) is 12.9. The number of nitrogens with zero attached hydrogens (tertiary/aromatic N) is 1. The number of amides is 2. The molecular formula is C19H22N2O4. The van der Waals surface area contributed by atoms with Crippen molar-refractivity contribution in [1.82, 2.24) is 10.2 Å². The molecule has 2 heterocycles. The summed E-state index contributed by atoms with van der Waals surface area (Å²) in [5, 5.41) is 12.4. The van der Waals surface area contributed by atoms with Gasteiger partial charge in [-0.2, -0.15) is 0 Å². The molecule has 2 aromatic rings. The molecule has 1 aliphatic rings. The molecule has 1 aliphatic heterocycles. The number of carbonyl (C=O) groups is 2. The average Bonchev–Trinajstić information content (AvgIpc) is 3.26. The van der Waals surface area contributed by atoms with E-state index in [0.29, 0.717) is 25.3 Å². The van der Waals surface area contributed by atoms with Crippen LogP contribution in [0.3, 0.4) is 0 Å². The van der Waals surface area contributed by atoms with E-state index in [-0.39, 0.29) is 30.9 Å². The smallest absolute Gasteiger partial charge is 0.225 e. The van der Waals surface area contributed by atoms with Crippen LogP contribution in [0.25, 0.3) is 0 Å². The molecule has 1 fully saturated rings. The van der Waals surface area contributed by atoms with Gasteiger partial charge in [0.1, 0.15) is 5.76 Å². The fourth-order valence-electron chi connectivity index (χ4n) is 3.07. The molecule has 2 amide bonds. The summed E-state index contributed by atoms with van der Waals surface area (Å²) in [6.07, 6.45) is 2.31. The molecule has 0 radical (unpaired) electrons. The van der Waals surface area contributed by atoms with Crippen LogP contribution in [0.5, 0.6) is 0 Å². The van der Waals surface area contributed by atoms with Gasteiger partial charge in [-0.1, -0.05) is 30.3 Å². The lowest BCUT2D eigenvalue weighted by Crippen LogP contribution is -2.43. The molecule has 1 saturated heterocycles. The first-order valence-electron chi connectivity index (χ1n) is 8.41. The Hall–Kier alpha value is -2.60. The molecular weight excluding hydrogens is 320 g/mol. The lowest BCUT2D eigenvalue weighted by molar-refractivity contribution is -0.129. The van der Waals surface area contributed by atoms with Crippen molar-refractivity contribution >= 4 is 11.8 Å². The maximum Gasteiger partial charge on any atom is 0.225 e. The van der Waals surface area contributed by atoms with Gasteiger partial charge < -0.3 is 19.7 Å². The van der Waals surface area contributed by atoms with Crippen LogP contribution in [0.4, 0.5) is 0 Å². The topological polar surface area (TPSA) is 82.8 Å². The Bertz CT molecular complexity index is 699. The average molecular weight is 342 g/mol. The Kier molecular flexibility index (Phi) is 5.50. The van der Waals surface area contributed by atoms with E-state index in [0.717, 1.165) is 5.56 Å². The summed E-state index contributed by atoms with van der Waals surface area (Å²) < 4.78 is 5.26. The molecule has 1 aromatic heterocycles. The first-order chi connectivity index (χ1) is 12.2. The molecule has 6 heteroatoms. The summed E-state index contributed by atoms with van der Waals surface area (Å²) in [4.78, 5) is 26.2. The van der Waals surface area contributed by atoms with Crippen LogP contribution in [0.1, 0.15) is 17.7 Å². The van der Waals surface area contributed by atoms with Gasteiger partial charge >= 0.3 is 0 Å². The van der Waals surface area contributed by atoms with Gasteiger partial charge in [0.05, 0.1) is 31.4 Å². The molecule has 2 atom stereocenters. The Morgan fingerprint density at radius 1 is 1.28 bits per heavy atom. The van der Waals surface area contributed by atoms with E-state index in [9.17, 15) is 14.7 Å². The Morgan fingerprint density at radius 3 is 2.76 bits per heavy atom. The Balaban J connectivity index is 1.54. The largest absolute Gasteiger partial charge is 0.467 e. The van der Waals surface area contributed by atoms with Gasteiger partial charge in [-0.3, -0.25) is 9.59 Å². The quantitative estimate of drug-likeness (QED) is 0.796. The molecule has 132 valence electrons. The highest BCUT2D eigenvalue weighted by Crippen LogP contribution is 2.21. The van der Waals surface area contributed by atoms with Gasteiger partial charge in [0.15, 0.2) is 0 Å². The number of aliphatic hydroxyl groups is 1. The minimum Gasteiger partial charge on any atom is -0.467 e. The zero-order valence-electron chi connectivity index (χ0n) is 13.9. The Labute approximate surface area is 146 Å². The van der Waals surface area contributed by atoms with Gasteiger partial charge in [0, 0.05) is 13.0 Å². The van der Waals surface area contributed by atoms with Gasteiger partial charge in [-0.05, 0) is 24.1 Å². The second kappa shape index (κ2) is 7.98. The predicted molar refractivity (Wildman–Crippen MR) is 91.4 cm³/mol. The van der Waals surface area contributed by atoms with Crippen LogP contribution in [0.15, 0.2) is 53.1 Å². The first-order valence-corrected chi connectivity index (χ1v) is 8.41. The summed E-state index contributed by atoms with van der Waals surface area (Å²) in [5.41, 5.74) is 1.05. The van der Waals surface area contributed by atoms with Crippen LogP contribution in [-0.2, 0) is 22.6 Å². The third kappa shape index (κ3) is 4.48. The normalized spacial score (nSPS) is 18.4. The van der Waals surface area contributed by atoms with E-state index in [1.54, 1.807) is 17.2 Å². The van der Waals surface area contributed by atoms with E-state index in [2.05, 4.69) is 5.32 Å². The number of aliphatic hydroxyl groups excluding tert-OH is 1. The fourth-order valence-corrected chi connectivity index (χ4v) is 3.07. The number of likely N-dealkylation sites (tertiary alicyclic amines) is 1. The molecule has 2 N–H and O–H groups in total. The van der Waals surface area contributed by atoms with Gasteiger partial charge in [-0.25, -0.2) is 0 Å². The highest BCUT2D eigenvalue weighted by atomic mass is 16.3. The molecule has 1 unspecified atom stereocenters. The molecule has 6 nitrogen and oxygen atoms in total. The maximum atomic E-state index is 12.5. The standard InChI is InChI=1S/C19H22N2O4/c22-13-16(9-14-5-2-1-3-6-14)20-19(24)15-10-18(23)21(11-15)12-17-7-4-8-25-17/h1-8,15-16,22H,9-13H2,(H,20,24)/t15?,16-/m0/s1. The minimum absolute atomic E-state index is 0.0554. The van der Waals surface area contributed by atoms with Crippen LogP contribution in [0.2, 0.25) is 0 Å². The van der Waals surface area contributed by atoms with Crippen LogP contribution in [-0.4, -0.2) is 41.0 Å². The van der Waals surface area contributed by atoms with Gasteiger partial charge in [0.25, 0.3) is 0 Å². The van der Waals surface area contributed by atoms with Crippen LogP contribution >= 0.6 is 0 Å². The number of carbonyl (C=O) groups excluding carboxylic acids is 2. The molecule has 25 heavy (non-hydrogen) atoms. The summed E-state index contributed by atoms with van der Waals surface area (Å²) >= 11 is 0. The number of benzene rings is 1. The lowest BCUT2D eigenvalue weighted by atomic mass is 10.0. The zero-order chi connectivity index (χ0) is 17.6. The number of hydrogen-bond acceptors (Lipinski definition) is 4. The predicted octanol–water partition coefficient (Wildman–Crippen LogP) is 1.35. The number of hydrogen-bond donors (Lipinski definition) is 2. The lowest BCUT2D eigenvalue weighted by Gasteiger charge is -2.19.